The lowest BCUT2D eigenvalue weighted by atomic mass is 9.76. The normalized spacial score (nSPS) is 30.4. The molecule has 16 heavy (non-hydrogen) atoms. The molecule has 3 heteroatoms. The van der Waals surface area contributed by atoms with Crippen LogP contribution in [0, 0.1) is 12.7 Å². The molecule has 2 nitrogen and oxygen atoms in total. The number of aliphatic hydroxyl groups is 1. The van der Waals surface area contributed by atoms with E-state index >= 15 is 0 Å². The molecule has 1 aromatic rings. The average molecular weight is 223 g/mol. The second kappa shape index (κ2) is 4.15. The van der Waals surface area contributed by atoms with E-state index in [0.29, 0.717) is 12.8 Å². The first-order valence-corrected chi connectivity index (χ1v) is 5.76. The van der Waals surface area contributed by atoms with E-state index in [1.165, 1.54) is 12.1 Å². The molecule has 0 amide bonds. The number of hydrogen-bond donors (Lipinski definition) is 2. The number of benzene rings is 1. The van der Waals surface area contributed by atoms with Gasteiger partial charge in [0.05, 0.1) is 5.60 Å². The van der Waals surface area contributed by atoms with Crippen LogP contribution in [0.5, 0.6) is 0 Å². The van der Waals surface area contributed by atoms with Gasteiger partial charge < -0.3 is 10.8 Å². The van der Waals surface area contributed by atoms with Gasteiger partial charge in [-0.3, -0.25) is 0 Å². The summed E-state index contributed by atoms with van der Waals surface area (Å²) in [6.45, 7) is 1.90. The third-order valence-electron chi connectivity index (χ3n) is 3.56. The van der Waals surface area contributed by atoms with Crippen LogP contribution in [0.3, 0.4) is 0 Å². The fraction of sp³-hybridized carbons (Fsp3) is 0.538. The summed E-state index contributed by atoms with van der Waals surface area (Å²) in [5, 5.41) is 10.5. The Labute approximate surface area is 95.3 Å². The number of hydrogen-bond acceptors (Lipinski definition) is 2. The molecule has 0 atom stereocenters. The van der Waals surface area contributed by atoms with Gasteiger partial charge >= 0.3 is 0 Å². The maximum absolute atomic E-state index is 13.2. The minimum atomic E-state index is -0.887. The van der Waals surface area contributed by atoms with Crippen LogP contribution in [0.15, 0.2) is 18.2 Å². The standard InChI is InChI=1S/C13H18FNO/c1-9-2-3-10(14)8-12(9)13(16)6-4-11(15)5-7-13/h2-3,8,11,16H,4-7,15H2,1H3. The SMILES string of the molecule is Cc1ccc(F)cc1C1(O)CCC(N)CC1. The van der Waals surface area contributed by atoms with Gasteiger partial charge in [0.1, 0.15) is 5.82 Å². The van der Waals surface area contributed by atoms with Gasteiger partial charge in [0.25, 0.3) is 0 Å². The van der Waals surface area contributed by atoms with E-state index in [4.69, 9.17) is 5.73 Å². The molecule has 88 valence electrons. The summed E-state index contributed by atoms with van der Waals surface area (Å²) in [4.78, 5) is 0. The predicted molar refractivity (Wildman–Crippen MR) is 61.5 cm³/mol. The van der Waals surface area contributed by atoms with Gasteiger partial charge in [-0.25, -0.2) is 4.39 Å². The largest absolute Gasteiger partial charge is 0.385 e. The van der Waals surface area contributed by atoms with Gasteiger partial charge in [-0.15, -0.1) is 0 Å². The molecular formula is C13H18FNO. The molecule has 0 spiro atoms. The van der Waals surface area contributed by atoms with E-state index in [-0.39, 0.29) is 11.9 Å². The van der Waals surface area contributed by atoms with Crippen LogP contribution in [0.4, 0.5) is 4.39 Å². The Bertz CT molecular complexity index is 384. The molecule has 2 rings (SSSR count). The van der Waals surface area contributed by atoms with Gasteiger partial charge in [-0.05, 0) is 55.9 Å². The van der Waals surface area contributed by atoms with Gasteiger partial charge in [0.15, 0.2) is 0 Å². The summed E-state index contributed by atoms with van der Waals surface area (Å²) in [5.41, 5.74) is 6.60. The van der Waals surface area contributed by atoms with Crippen molar-refractivity contribution < 1.29 is 9.50 Å². The van der Waals surface area contributed by atoms with Crippen LogP contribution in [-0.4, -0.2) is 11.1 Å². The molecule has 0 bridgehead atoms. The van der Waals surface area contributed by atoms with Crippen molar-refractivity contribution in [2.45, 2.75) is 44.2 Å². The van der Waals surface area contributed by atoms with E-state index < -0.39 is 5.60 Å². The van der Waals surface area contributed by atoms with Crippen LogP contribution in [0.2, 0.25) is 0 Å². The van der Waals surface area contributed by atoms with E-state index in [9.17, 15) is 9.50 Å². The molecule has 0 saturated heterocycles. The highest BCUT2D eigenvalue weighted by Crippen LogP contribution is 2.38. The van der Waals surface area contributed by atoms with Crippen molar-refractivity contribution in [1.29, 1.82) is 0 Å². The van der Waals surface area contributed by atoms with Gasteiger partial charge in [0.2, 0.25) is 0 Å². The third-order valence-corrected chi connectivity index (χ3v) is 3.56. The molecule has 0 radical (unpaired) electrons. The second-order valence-electron chi connectivity index (χ2n) is 4.83. The lowest BCUT2D eigenvalue weighted by molar-refractivity contribution is -0.00575. The smallest absolute Gasteiger partial charge is 0.123 e. The summed E-state index contributed by atoms with van der Waals surface area (Å²) >= 11 is 0. The summed E-state index contributed by atoms with van der Waals surface area (Å²) in [5.74, 6) is -0.288. The van der Waals surface area contributed by atoms with Crippen molar-refractivity contribution in [3.63, 3.8) is 0 Å². The minimum Gasteiger partial charge on any atom is -0.385 e. The third kappa shape index (κ3) is 2.11. The number of nitrogens with two attached hydrogens (primary N) is 1. The summed E-state index contributed by atoms with van der Waals surface area (Å²) < 4.78 is 13.2. The molecule has 1 aliphatic rings. The fourth-order valence-electron chi connectivity index (χ4n) is 2.48. The Balaban J connectivity index is 2.32. The number of aryl methyl sites for hydroxylation is 1. The average Bonchev–Trinajstić information content (AvgIpc) is 2.26. The zero-order valence-electron chi connectivity index (χ0n) is 9.54. The topological polar surface area (TPSA) is 46.2 Å². The van der Waals surface area contributed by atoms with Gasteiger partial charge in [0, 0.05) is 6.04 Å². The zero-order chi connectivity index (χ0) is 11.8. The second-order valence-corrected chi connectivity index (χ2v) is 4.83. The molecule has 0 unspecified atom stereocenters. The van der Waals surface area contributed by atoms with Crippen molar-refractivity contribution >= 4 is 0 Å². The van der Waals surface area contributed by atoms with Crippen LogP contribution >= 0.6 is 0 Å². The van der Waals surface area contributed by atoms with E-state index in [0.717, 1.165) is 24.0 Å². The molecular weight excluding hydrogens is 205 g/mol. The summed E-state index contributed by atoms with van der Waals surface area (Å²) in [7, 11) is 0. The van der Waals surface area contributed by atoms with E-state index in [1.807, 2.05) is 6.92 Å². The summed E-state index contributed by atoms with van der Waals surface area (Å²) in [6.07, 6.45) is 2.84. The molecule has 0 aromatic heterocycles. The van der Waals surface area contributed by atoms with Crippen molar-refractivity contribution in [2.75, 3.05) is 0 Å². The highest BCUT2D eigenvalue weighted by Gasteiger charge is 2.34. The first kappa shape index (κ1) is 11.6. The molecule has 3 N–H and O–H groups in total. The van der Waals surface area contributed by atoms with Crippen molar-refractivity contribution in [3.8, 4) is 0 Å². The van der Waals surface area contributed by atoms with E-state index in [2.05, 4.69) is 0 Å². The Kier molecular flexibility index (Phi) is 3.00. The van der Waals surface area contributed by atoms with Crippen LogP contribution < -0.4 is 5.73 Å². The Hall–Kier alpha value is -0.930. The molecule has 1 fully saturated rings. The Morgan fingerprint density at radius 3 is 2.62 bits per heavy atom. The molecule has 1 saturated carbocycles. The highest BCUT2D eigenvalue weighted by molar-refractivity contribution is 5.32. The quantitative estimate of drug-likeness (QED) is 0.767. The number of halogens is 1. The maximum atomic E-state index is 13.2. The van der Waals surface area contributed by atoms with Crippen molar-refractivity contribution in [1.82, 2.24) is 0 Å². The predicted octanol–water partition coefficient (Wildman–Crippen LogP) is 2.22. The zero-order valence-corrected chi connectivity index (χ0v) is 9.54. The number of rotatable bonds is 1. The maximum Gasteiger partial charge on any atom is 0.123 e. The first-order chi connectivity index (χ1) is 7.51. The molecule has 1 aromatic carbocycles. The van der Waals surface area contributed by atoms with Crippen LogP contribution in [-0.2, 0) is 5.60 Å². The molecule has 1 aliphatic carbocycles. The first-order valence-electron chi connectivity index (χ1n) is 5.76. The van der Waals surface area contributed by atoms with Crippen molar-refractivity contribution in [3.05, 3.63) is 35.1 Å². The molecule has 0 aliphatic heterocycles. The summed E-state index contributed by atoms with van der Waals surface area (Å²) in [6, 6.07) is 4.77. The minimum absolute atomic E-state index is 0.175. The van der Waals surface area contributed by atoms with Crippen molar-refractivity contribution in [2.24, 2.45) is 5.73 Å². The lowest BCUT2D eigenvalue weighted by Crippen LogP contribution is -2.37. The van der Waals surface area contributed by atoms with Crippen LogP contribution in [0.1, 0.15) is 36.8 Å². The van der Waals surface area contributed by atoms with E-state index in [1.54, 1.807) is 6.07 Å². The highest BCUT2D eigenvalue weighted by atomic mass is 19.1. The van der Waals surface area contributed by atoms with Gasteiger partial charge in [-0.2, -0.15) is 0 Å². The van der Waals surface area contributed by atoms with Gasteiger partial charge in [-0.1, -0.05) is 6.07 Å². The fourth-order valence-corrected chi connectivity index (χ4v) is 2.48. The monoisotopic (exact) mass is 223 g/mol. The Morgan fingerprint density at radius 1 is 1.38 bits per heavy atom. The lowest BCUT2D eigenvalue weighted by Gasteiger charge is -2.36. The Morgan fingerprint density at radius 2 is 2.00 bits per heavy atom. The molecule has 0 heterocycles. The van der Waals surface area contributed by atoms with Crippen LogP contribution in [0.25, 0.3) is 0 Å².